The molecule has 5 rings (SSSR count). The summed E-state index contributed by atoms with van der Waals surface area (Å²) in [4.78, 5) is 8.02. The predicted octanol–water partition coefficient (Wildman–Crippen LogP) is 3.44. The number of benzene rings is 2. The van der Waals surface area contributed by atoms with Crippen molar-refractivity contribution in [2.24, 2.45) is 0 Å². The molecule has 2 aromatic carbocycles. The van der Waals surface area contributed by atoms with Crippen LogP contribution in [-0.2, 0) is 6.54 Å². The monoisotopic (exact) mass is 392 g/mol. The van der Waals surface area contributed by atoms with Gasteiger partial charge >= 0.3 is 0 Å². The zero-order chi connectivity index (χ0) is 19.8. The van der Waals surface area contributed by atoms with Crippen molar-refractivity contribution in [1.82, 2.24) is 14.5 Å². The molecule has 0 saturated carbocycles. The fraction of sp³-hybridized carbons (Fsp3) is 0.304. The van der Waals surface area contributed by atoms with Gasteiger partial charge in [0.2, 0.25) is 0 Å². The molecule has 2 N–H and O–H groups in total. The maximum absolute atomic E-state index is 13.4. The van der Waals surface area contributed by atoms with Gasteiger partial charge in [-0.3, -0.25) is 4.90 Å². The highest BCUT2D eigenvalue weighted by Gasteiger charge is 2.21. The lowest BCUT2D eigenvalue weighted by Crippen LogP contribution is -2.49. The van der Waals surface area contributed by atoms with Gasteiger partial charge in [-0.2, -0.15) is 0 Å². The number of aromatic amines is 1. The van der Waals surface area contributed by atoms with Crippen molar-refractivity contribution in [1.29, 1.82) is 0 Å². The molecule has 0 spiro atoms. The lowest BCUT2D eigenvalue weighted by Gasteiger charge is -2.37. The van der Waals surface area contributed by atoms with Crippen molar-refractivity contribution in [3.63, 3.8) is 0 Å². The molecular weight excluding hydrogens is 367 g/mol. The molecule has 6 heteroatoms. The molecule has 0 amide bonds. The second-order valence-electron chi connectivity index (χ2n) is 7.83. The van der Waals surface area contributed by atoms with E-state index in [0.717, 1.165) is 37.1 Å². The first-order valence-electron chi connectivity index (χ1n) is 10.1. The number of hydrogen-bond acceptors (Lipinski definition) is 3. The third-order valence-electron chi connectivity index (χ3n) is 5.89. The van der Waals surface area contributed by atoms with Crippen LogP contribution in [0.3, 0.4) is 0 Å². The standard InChI is InChI=1S/C23H25FN4O/c24-18-4-5-22-17(14-18)7-9-28(22)16-19(29)15-26-10-12-27(13-11-26)23-3-1-2-21-20(23)6-8-25-21/h1-9,14,19,25,29H,10-13,15-16H2. The number of hydrogen-bond donors (Lipinski definition) is 2. The van der Waals surface area contributed by atoms with Crippen molar-refractivity contribution in [2.45, 2.75) is 12.6 Å². The second-order valence-corrected chi connectivity index (χ2v) is 7.83. The first-order valence-corrected chi connectivity index (χ1v) is 10.1. The summed E-state index contributed by atoms with van der Waals surface area (Å²) < 4.78 is 15.4. The maximum Gasteiger partial charge on any atom is 0.123 e. The molecule has 0 aliphatic carbocycles. The summed E-state index contributed by atoms with van der Waals surface area (Å²) in [5.41, 5.74) is 3.39. The van der Waals surface area contributed by atoms with Crippen LogP contribution >= 0.6 is 0 Å². The Labute approximate surface area is 169 Å². The molecule has 1 atom stereocenters. The highest BCUT2D eigenvalue weighted by Crippen LogP contribution is 2.27. The molecular formula is C23H25FN4O. The number of aromatic nitrogens is 2. The van der Waals surface area contributed by atoms with E-state index in [2.05, 4.69) is 39.0 Å². The highest BCUT2D eigenvalue weighted by atomic mass is 19.1. The summed E-state index contributed by atoms with van der Waals surface area (Å²) in [5.74, 6) is -0.232. The van der Waals surface area contributed by atoms with Crippen molar-refractivity contribution < 1.29 is 9.50 Å². The Hall–Kier alpha value is -2.83. The number of β-amino-alcohol motifs (C(OH)–C–C–N with tert-alkyl or cyclic N) is 1. The van der Waals surface area contributed by atoms with Gasteiger partial charge < -0.3 is 19.6 Å². The number of aliphatic hydroxyl groups excluding tert-OH is 1. The summed E-state index contributed by atoms with van der Waals surface area (Å²) >= 11 is 0. The van der Waals surface area contributed by atoms with Gasteiger partial charge in [0.15, 0.2) is 0 Å². The van der Waals surface area contributed by atoms with Crippen LogP contribution in [-0.4, -0.2) is 58.4 Å². The Morgan fingerprint density at radius 3 is 2.72 bits per heavy atom. The fourth-order valence-electron chi connectivity index (χ4n) is 4.43. The van der Waals surface area contributed by atoms with E-state index < -0.39 is 6.10 Å². The van der Waals surface area contributed by atoms with Gasteiger partial charge in [0.05, 0.1) is 6.10 Å². The van der Waals surface area contributed by atoms with Crippen molar-refractivity contribution in [2.75, 3.05) is 37.6 Å². The third kappa shape index (κ3) is 3.61. The third-order valence-corrected chi connectivity index (χ3v) is 5.89. The zero-order valence-corrected chi connectivity index (χ0v) is 16.3. The molecule has 1 aliphatic rings. The Balaban J connectivity index is 1.20. The van der Waals surface area contributed by atoms with E-state index in [4.69, 9.17) is 0 Å². The van der Waals surface area contributed by atoms with Gasteiger partial charge in [-0.15, -0.1) is 0 Å². The smallest absolute Gasteiger partial charge is 0.123 e. The number of rotatable bonds is 5. The lowest BCUT2D eigenvalue weighted by molar-refractivity contribution is 0.0960. The predicted molar refractivity (Wildman–Crippen MR) is 115 cm³/mol. The van der Waals surface area contributed by atoms with E-state index >= 15 is 0 Å². The largest absolute Gasteiger partial charge is 0.390 e. The minimum absolute atomic E-state index is 0.232. The minimum atomic E-state index is -0.463. The summed E-state index contributed by atoms with van der Waals surface area (Å²) in [7, 11) is 0. The van der Waals surface area contributed by atoms with E-state index in [9.17, 15) is 9.50 Å². The molecule has 1 unspecified atom stereocenters. The molecule has 29 heavy (non-hydrogen) atoms. The SMILES string of the molecule is OC(CN1CCN(c2cccc3[nH]ccc23)CC1)Cn1ccc2cc(F)ccc21. The quantitative estimate of drug-likeness (QED) is 0.547. The minimum Gasteiger partial charge on any atom is -0.390 e. The summed E-state index contributed by atoms with van der Waals surface area (Å²) in [6.45, 7) is 4.90. The van der Waals surface area contributed by atoms with E-state index in [1.54, 1.807) is 6.07 Å². The Bertz CT molecular complexity index is 1130. The van der Waals surface area contributed by atoms with Crippen LogP contribution in [0, 0.1) is 5.82 Å². The number of nitrogens with one attached hydrogen (secondary N) is 1. The first-order chi connectivity index (χ1) is 14.2. The van der Waals surface area contributed by atoms with E-state index in [1.807, 2.05) is 23.0 Å². The number of anilines is 1. The molecule has 5 nitrogen and oxygen atoms in total. The molecule has 3 heterocycles. The number of piperazine rings is 1. The molecule has 0 bridgehead atoms. The van der Waals surface area contributed by atoms with Crippen LogP contribution in [0.4, 0.5) is 10.1 Å². The van der Waals surface area contributed by atoms with Crippen molar-refractivity contribution in [3.8, 4) is 0 Å². The van der Waals surface area contributed by atoms with Crippen LogP contribution in [0.15, 0.2) is 60.9 Å². The lowest BCUT2D eigenvalue weighted by atomic mass is 10.1. The second kappa shape index (κ2) is 7.54. The van der Waals surface area contributed by atoms with Gasteiger partial charge in [-0.1, -0.05) is 6.07 Å². The van der Waals surface area contributed by atoms with E-state index in [1.165, 1.54) is 28.7 Å². The van der Waals surface area contributed by atoms with Crippen LogP contribution in [0.5, 0.6) is 0 Å². The number of aliphatic hydroxyl groups is 1. The average Bonchev–Trinajstić information content (AvgIpc) is 3.35. The molecule has 0 radical (unpaired) electrons. The van der Waals surface area contributed by atoms with Gasteiger partial charge in [0.1, 0.15) is 5.82 Å². The first kappa shape index (κ1) is 18.2. The Morgan fingerprint density at radius 2 is 1.86 bits per heavy atom. The van der Waals surface area contributed by atoms with Gasteiger partial charge in [-0.05, 0) is 42.5 Å². The summed E-state index contributed by atoms with van der Waals surface area (Å²) in [6.07, 6.45) is 3.44. The zero-order valence-electron chi connectivity index (χ0n) is 16.3. The number of halogens is 1. The summed E-state index contributed by atoms with van der Waals surface area (Å²) in [5, 5.41) is 12.8. The number of fused-ring (bicyclic) bond motifs is 2. The van der Waals surface area contributed by atoms with Gasteiger partial charge in [0, 0.05) is 79.2 Å². The summed E-state index contributed by atoms with van der Waals surface area (Å²) in [6, 6.07) is 15.2. The highest BCUT2D eigenvalue weighted by molar-refractivity contribution is 5.92. The maximum atomic E-state index is 13.4. The average molecular weight is 392 g/mol. The van der Waals surface area contributed by atoms with E-state index in [0.29, 0.717) is 13.1 Å². The van der Waals surface area contributed by atoms with Crippen LogP contribution in [0.1, 0.15) is 0 Å². The Kier molecular flexibility index (Phi) is 4.73. The molecule has 1 fully saturated rings. The fourth-order valence-corrected chi connectivity index (χ4v) is 4.43. The van der Waals surface area contributed by atoms with Crippen molar-refractivity contribution in [3.05, 3.63) is 66.7 Å². The van der Waals surface area contributed by atoms with Gasteiger partial charge in [-0.25, -0.2) is 4.39 Å². The Morgan fingerprint density at radius 1 is 1.00 bits per heavy atom. The molecule has 1 aliphatic heterocycles. The van der Waals surface area contributed by atoms with Crippen molar-refractivity contribution >= 4 is 27.5 Å². The van der Waals surface area contributed by atoms with Crippen LogP contribution < -0.4 is 4.90 Å². The number of nitrogens with zero attached hydrogens (tertiary/aromatic N) is 3. The van der Waals surface area contributed by atoms with E-state index in [-0.39, 0.29) is 5.82 Å². The molecule has 2 aromatic heterocycles. The van der Waals surface area contributed by atoms with Crippen LogP contribution in [0.25, 0.3) is 21.8 Å². The molecule has 1 saturated heterocycles. The molecule has 150 valence electrons. The van der Waals surface area contributed by atoms with Gasteiger partial charge in [0.25, 0.3) is 0 Å². The normalized spacial score (nSPS) is 16.7. The number of H-pyrrole nitrogens is 1. The van der Waals surface area contributed by atoms with Crippen LogP contribution in [0.2, 0.25) is 0 Å². The molecule has 4 aromatic rings. The topological polar surface area (TPSA) is 47.4 Å².